The van der Waals surface area contributed by atoms with E-state index in [2.05, 4.69) is 10.1 Å². The summed E-state index contributed by atoms with van der Waals surface area (Å²) in [6.45, 7) is 3.60. The van der Waals surface area contributed by atoms with Gasteiger partial charge in [-0.3, -0.25) is 4.79 Å². The van der Waals surface area contributed by atoms with Crippen molar-refractivity contribution >= 4 is 12.0 Å². The minimum absolute atomic E-state index is 0.266. The topological polar surface area (TPSA) is 85.5 Å². The predicted octanol–water partition coefficient (Wildman–Crippen LogP) is 1.98. The first-order valence-corrected chi connectivity index (χ1v) is 6.96. The minimum atomic E-state index is -0.945. The molecule has 20 heavy (non-hydrogen) atoms. The van der Waals surface area contributed by atoms with Crippen molar-refractivity contribution in [3.05, 3.63) is 11.7 Å². The van der Waals surface area contributed by atoms with Gasteiger partial charge in [-0.15, -0.1) is 0 Å². The number of aryl methyl sites for hydroxylation is 1. The number of carbonyl (C=O) groups is 2. The van der Waals surface area contributed by atoms with Crippen molar-refractivity contribution in [2.24, 2.45) is 0 Å². The van der Waals surface area contributed by atoms with Crippen LogP contribution in [0.2, 0.25) is 0 Å². The largest absolute Gasteiger partial charge is 0.432 e. The van der Waals surface area contributed by atoms with Gasteiger partial charge in [0.25, 0.3) is 5.91 Å². The van der Waals surface area contributed by atoms with Crippen molar-refractivity contribution in [1.82, 2.24) is 15.0 Å². The third-order valence-corrected chi connectivity index (χ3v) is 4.04. The summed E-state index contributed by atoms with van der Waals surface area (Å²) in [4.78, 5) is 29.8. The first-order valence-electron chi connectivity index (χ1n) is 6.96. The van der Waals surface area contributed by atoms with Crippen molar-refractivity contribution in [2.45, 2.75) is 57.6 Å². The number of aromatic nitrogens is 2. The standard InChI is InChI=1S/C13H17N3O4/c1-3-9-14-10(20-15-9)8(2)16-11(17)13(19-12(16)18)6-4-5-7-13/h8H,3-7H2,1-2H3. The van der Waals surface area contributed by atoms with E-state index in [1.165, 1.54) is 0 Å². The summed E-state index contributed by atoms with van der Waals surface area (Å²) in [6, 6.07) is -0.595. The van der Waals surface area contributed by atoms with Crippen molar-refractivity contribution in [3.63, 3.8) is 0 Å². The molecule has 2 fully saturated rings. The average molecular weight is 279 g/mol. The molecule has 0 bridgehead atoms. The maximum absolute atomic E-state index is 12.5. The van der Waals surface area contributed by atoms with E-state index in [9.17, 15) is 9.59 Å². The fraction of sp³-hybridized carbons (Fsp3) is 0.692. The van der Waals surface area contributed by atoms with Crippen LogP contribution >= 0.6 is 0 Å². The first-order chi connectivity index (χ1) is 9.57. The van der Waals surface area contributed by atoms with Crippen LogP contribution in [-0.4, -0.2) is 32.6 Å². The highest BCUT2D eigenvalue weighted by Gasteiger charge is 2.57. The molecule has 0 aromatic carbocycles. The lowest BCUT2D eigenvalue weighted by Crippen LogP contribution is -2.40. The van der Waals surface area contributed by atoms with Gasteiger partial charge in [-0.25, -0.2) is 9.69 Å². The summed E-state index contributed by atoms with van der Waals surface area (Å²) in [5, 5.41) is 3.79. The maximum atomic E-state index is 12.5. The van der Waals surface area contributed by atoms with Crippen LogP contribution in [0.4, 0.5) is 4.79 Å². The molecule has 3 rings (SSSR count). The smallest absolute Gasteiger partial charge is 0.418 e. The van der Waals surface area contributed by atoms with Crippen LogP contribution in [0.1, 0.15) is 57.3 Å². The monoisotopic (exact) mass is 279 g/mol. The first kappa shape index (κ1) is 13.1. The third kappa shape index (κ3) is 1.80. The molecule has 2 aliphatic rings. The van der Waals surface area contributed by atoms with Crippen LogP contribution in [-0.2, 0) is 16.0 Å². The molecule has 7 heteroatoms. The lowest BCUT2D eigenvalue weighted by atomic mass is 10.0. The van der Waals surface area contributed by atoms with E-state index in [1.54, 1.807) is 6.92 Å². The van der Waals surface area contributed by atoms with E-state index in [0.29, 0.717) is 25.1 Å². The maximum Gasteiger partial charge on any atom is 0.418 e. The Morgan fingerprint density at radius 2 is 2.05 bits per heavy atom. The summed E-state index contributed by atoms with van der Waals surface area (Å²) in [7, 11) is 0. The Bertz CT molecular complexity index is 548. The lowest BCUT2D eigenvalue weighted by molar-refractivity contribution is -0.137. The van der Waals surface area contributed by atoms with Crippen molar-refractivity contribution in [2.75, 3.05) is 0 Å². The number of carbonyl (C=O) groups excluding carboxylic acids is 2. The summed E-state index contributed by atoms with van der Waals surface area (Å²) >= 11 is 0. The number of amides is 2. The highest BCUT2D eigenvalue weighted by Crippen LogP contribution is 2.42. The van der Waals surface area contributed by atoms with Crippen molar-refractivity contribution in [3.8, 4) is 0 Å². The van der Waals surface area contributed by atoms with Gasteiger partial charge in [-0.2, -0.15) is 4.98 Å². The van der Waals surface area contributed by atoms with Crippen LogP contribution in [0.5, 0.6) is 0 Å². The Morgan fingerprint density at radius 1 is 1.35 bits per heavy atom. The molecular weight excluding hydrogens is 262 g/mol. The van der Waals surface area contributed by atoms with Crippen LogP contribution < -0.4 is 0 Å². The molecule has 7 nitrogen and oxygen atoms in total. The van der Waals surface area contributed by atoms with E-state index in [1.807, 2.05) is 6.92 Å². The molecule has 1 spiro atoms. The third-order valence-electron chi connectivity index (χ3n) is 4.04. The molecule has 1 saturated heterocycles. The number of ether oxygens (including phenoxy) is 1. The van der Waals surface area contributed by atoms with Gasteiger partial charge in [0.2, 0.25) is 5.89 Å². The molecule has 2 heterocycles. The highest BCUT2D eigenvalue weighted by atomic mass is 16.6. The van der Waals surface area contributed by atoms with Gasteiger partial charge in [-0.05, 0) is 32.6 Å². The van der Waals surface area contributed by atoms with E-state index >= 15 is 0 Å². The van der Waals surface area contributed by atoms with Crippen LogP contribution in [0, 0.1) is 0 Å². The Morgan fingerprint density at radius 3 is 2.65 bits per heavy atom. The normalized spacial score (nSPS) is 22.6. The quantitative estimate of drug-likeness (QED) is 0.841. The number of hydrogen-bond acceptors (Lipinski definition) is 6. The second kappa shape index (κ2) is 4.57. The van der Waals surface area contributed by atoms with Gasteiger partial charge in [0.1, 0.15) is 6.04 Å². The van der Waals surface area contributed by atoms with Gasteiger partial charge in [0, 0.05) is 6.42 Å². The fourth-order valence-electron chi connectivity index (χ4n) is 2.85. The van der Waals surface area contributed by atoms with E-state index in [0.717, 1.165) is 17.7 Å². The molecule has 1 aliphatic carbocycles. The van der Waals surface area contributed by atoms with Gasteiger partial charge in [0.15, 0.2) is 11.4 Å². The van der Waals surface area contributed by atoms with Gasteiger partial charge in [0.05, 0.1) is 0 Å². The molecule has 0 radical (unpaired) electrons. The molecule has 108 valence electrons. The van der Waals surface area contributed by atoms with Crippen LogP contribution in [0.3, 0.4) is 0 Å². The Kier molecular flexibility index (Phi) is 2.99. The minimum Gasteiger partial charge on any atom is -0.432 e. The zero-order chi connectivity index (χ0) is 14.3. The van der Waals surface area contributed by atoms with Crippen LogP contribution in [0.25, 0.3) is 0 Å². The summed E-state index contributed by atoms with van der Waals surface area (Å²) in [5.74, 6) is 0.549. The van der Waals surface area contributed by atoms with Gasteiger partial charge >= 0.3 is 6.09 Å². The Labute approximate surface area is 116 Å². The molecule has 1 aromatic rings. The van der Waals surface area contributed by atoms with Gasteiger partial charge in [-0.1, -0.05) is 12.1 Å². The average Bonchev–Trinajstić information content (AvgIpc) is 3.12. The molecule has 1 aromatic heterocycles. The molecular formula is C13H17N3O4. The van der Waals surface area contributed by atoms with Crippen molar-refractivity contribution < 1.29 is 18.8 Å². The molecule has 1 saturated carbocycles. The number of hydrogen-bond donors (Lipinski definition) is 0. The predicted molar refractivity (Wildman–Crippen MR) is 66.6 cm³/mol. The Hall–Kier alpha value is -1.92. The molecule has 1 unspecified atom stereocenters. The van der Waals surface area contributed by atoms with Crippen molar-refractivity contribution in [1.29, 1.82) is 0 Å². The number of imide groups is 1. The summed E-state index contributed by atoms with van der Waals surface area (Å²) in [6.07, 6.45) is 3.04. The fourth-order valence-corrected chi connectivity index (χ4v) is 2.85. The second-order valence-electron chi connectivity index (χ2n) is 5.32. The van der Waals surface area contributed by atoms with Gasteiger partial charge < -0.3 is 9.26 Å². The summed E-state index contributed by atoms with van der Waals surface area (Å²) in [5.41, 5.74) is -0.945. The Balaban J connectivity index is 1.86. The van der Waals surface area contributed by atoms with Crippen LogP contribution in [0.15, 0.2) is 4.52 Å². The number of rotatable bonds is 3. The van der Waals surface area contributed by atoms with E-state index < -0.39 is 17.7 Å². The van der Waals surface area contributed by atoms with E-state index in [-0.39, 0.29) is 11.8 Å². The SMILES string of the molecule is CCc1noc(C(C)N2C(=O)OC3(CCCC3)C2=O)n1. The second-order valence-corrected chi connectivity index (χ2v) is 5.32. The molecule has 0 N–H and O–H groups in total. The zero-order valence-corrected chi connectivity index (χ0v) is 11.6. The highest BCUT2D eigenvalue weighted by molar-refractivity contribution is 6.03. The molecule has 1 aliphatic heterocycles. The zero-order valence-electron chi connectivity index (χ0n) is 11.6. The van der Waals surface area contributed by atoms with E-state index in [4.69, 9.17) is 9.26 Å². The number of nitrogens with zero attached hydrogens (tertiary/aromatic N) is 3. The molecule has 2 amide bonds. The lowest BCUT2D eigenvalue weighted by Gasteiger charge is -2.19. The molecule has 1 atom stereocenters. The summed E-state index contributed by atoms with van der Waals surface area (Å²) < 4.78 is 10.5.